The van der Waals surface area contributed by atoms with Crippen molar-refractivity contribution in [2.75, 3.05) is 19.6 Å². The lowest BCUT2D eigenvalue weighted by atomic mass is 9.97. The van der Waals surface area contributed by atoms with Gasteiger partial charge in [0.25, 0.3) is 0 Å². The summed E-state index contributed by atoms with van der Waals surface area (Å²) in [6.45, 7) is 3.43. The summed E-state index contributed by atoms with van der Waals surface area (Å²) in [5, 5.41) is 5.81. The maximum Gasteiger partial charge on any atom is 0.246 e. The van der Waals surface area contributed by atoms with Crippen molar-refractivity contribution in [3.63, 3.8) is 0 Å². The summed E-state index contributed by atoms with van der Waals surface area (Å²) >= 11 is 0. The Kier molecular flexibility index (Phi) is 13.3. The lowest BCUT2D eigenvalue weighted by Gasteiger charge is -2.38. The Labute approximate surface area is 205 Å². The maximum absolute atomic E-state index is 13.4. The number of benzene rings is 1. The number of piperazine rings is 1. The number of carbonyl (C=O) groups is 3. The van der Waals surface area contributed by atoms with Crippen molar-refractivity contribution in [3.05, 3.63) is 35.9 Å². The highest BCUT2D eigenvalue weighted by Crippen LogP contribution is 2.20. The molecule has 0 aromatic heterocycles. The monoisotopic (exact) mass is 472 g/mol. The molecule has 4 N–H and O–H groups in total. The molecule has 0 saturated carbocycles. The van der Waals surface area contributed by atoms with Crippen molar-refractivity contribution in [2.24, 2.45) is 5.73 Å². The molecule has 190 valence electrons. The summed E-state index contributed by atoms with van der Waals surface area (Å²) in [4.78, 5) is 40.2. The molecular formula is C27H44N4O3. The molecule has 7 heteroatoms. The minimum absolute atomic E-state index is 0.0196. The molecule has 1 aromatic rings. The highest BCUT2D eigenvalue weighted by Gasteiger charge is 2.37. The van der Waals surface area contributed by atoms with Gasteiger partial charge in [0.1, 0.15) is 6.04 Å². The van der Waals surface area contributed by atoms with E-state index in [1.807, 2.05) is 30.3 Å². The van der Waals surface area contributed by atoms with Crippen molar-refractivity contribution in [3.8, 4) is 0 Å². The Balaban J connectivity index is 1.99. The molecule has 1 aromatic carbocycles. The van der Waals surface area contributed by atoms with Gasteiger partial charge in [-0.05, 0) is 31.4 Å². The van der Waals surface area contributed by atoms with Crippen LogP contribution in [0.15, 0.2) is 30.3 Å². The molecule has 1 heterocycles. The van der Waals surface area contributed by atoms with Gasteiger partial charge in [0.15, 0.2) is 0 Å². The van der Waals surface area contributed by atoms with E-state index in [0.717, 1.165) is 37.7 Å². The van der Waals surface area contributed by atoms with Gasteiger partial charge in [-0.15, -0.1) is 0 Å². The summed E-state index contributed by atoms with van der Waals surface area (Å²) in [6.07, 6.45) is 11.3. The van der Waals surface area contributed by atoms with Crippen LogP contribution in [-0.4, -0.2) is 54.3 Å². The van der Waals surface area contributed by atoms with Crippen LogP contribution in [0.1, 0.15) is 83.1 Å². The third-order valence-corrected chi connectivity index (χ3v) is 6.47. The number of carbonyl (C=O) groups excluding carboxylic acids is 3. The smallest absolute Gasteiger partial charge is 0.246 e. The van der Waals surface area contributed by atoms with E-state index in [2.05, 4.69) is 17.6 Å². The number of hydrogen-bond donors (Lipinski definition) is 3. The van der Waals surface area contributed by atoms with Gasteiger partial charge in [-0.3, -0.25) is 14.4 Å². The molecule has 1 fully saturated rings. The average Bonchev–Trinajstić information content (AvgIpc) is 2.83. The summed E-state index contributed by atoms with van der Waals surface area (Å²) in [6, 6.07) is 8.87. The molecule has 0 unspecified atom stereocenters. The Morgan fingerprint density at radius 2 is 1.76 bits per heavy atom. The van der Waals surface area contributed by atoms with Gasteiger partial charge in [-0.25, -0.2) is 0 Å². The third-order valence-electron chi connectivity index (χ3n) is 6.47. The minimum atomic E-state index is -0.590. The molecule has 0 radical (unpaired) electrons. The average molecular weight is 473 g/mol. The van der Waals surface area contributed by atoms with E-state index >= 15 is 0 Å². The number of amides is 3. The van der Waals surface area contributed by atoms with Crippen LogP contribution >= 0.6 is 0 Å². The summed E-state index contributed by atoms with van der Waals surface area (Å²) in [7, 11) is 0. The van der Waals surface area contributed by atoms with E-state index < -0.39 is 6.04 Å². The second kappa shape index (κ2) is 16.3. The quantitative estimate of drug-likeness (QED) is 0.303. The number of nitrogens with one attached hydrogen (secondary N) is 2. The van der Waals surface area contributed by atoms with E-state index in [-0.39, 0.29) is 36.7 Å². The van der Waals surface area contributed by atoms with Crippen molar-refractivity contribution >= 4 is 17.7 Å². The number of unbranched alkanes of at least 4 members (excludes halogenated alkanes) is 7. The molecule has 1 aliphatic heterocycles. The van der Waals surface area contributed by atoms with Gasteiger partial charge in [0.2, 0.25) is 17.7 Å². The first-order chi connectivity index (χ1) is 16.5. The largest absolute Gasteiger partial charge is 0.356 e. The van der Waals surface area contributed by atoms with Crippen LogP contribution in [0.2, 0.25) is 0 Å². The fourth-order valence-corrected chi connectivity index (χ4v) is 4.52. The first kappa shape index (κ1) is 27.8. The van der Waals surface area contributed by atoms with Gasteiger partial charge in [-0.2, -0.15) is 0 Å². The Hall–Kier alpha value is -2.41. The van der Waals surface area contributed by atoms with Gasteiger partial charge in [0.05, 0.1) is 6.54 Å². The SMILES string of the molecule is CCCCCCCCC[C@H](CC(=O)NCCCCN)N1CC(=O)N[C@@H](Cc2ccccc2)C1=O. The molecule has 34 heavy (non-hydrogen) atoms. The number of nitrogens with two attached hydrogens (primary N) is 1. The lowest BCUT2D eigenvalue weighted by Crippen LogP contribution is -2.61. The van der Waals surface area contributed by atoms with Crippen LogP contribution in [0, 0.1) is 0 Å². The molecule has 0 bridgehead atoms. The fraction of sp³-hybridized carbons (Fsp3) is 0.667. The molecule has 1 saturated heterocycles. The van der Waals surface area contributed by atoms with Crippen LogP contribution in [0.5, 0.6) is 0 Å². The second-order valence-corrected chi connectivity index (χ2v) is 9.39. The van der Waals surface area contributed by atoms with Crippen LogP contribution in [0.4, 0.5) is 0 Å². The Bertz CT molecular complexity index is 741. The van der Waals surface area contributed by atoms with Crippen molar-refractivity contribution in [1.82, 2.24) is 15.5 Å². The normalized spacial score (nSPS) is 16.9. The zero-order chi connectivity index (χ0) is 24.6. The topological polar surface area (TPSA) is 105 Å². The summed E-state index contributed by atoms with van der Waals surface area (Å²) in [5.41, 5.74) is 6.54. The van der Waals surface area contributed by atoms with Gasteiger partial charge < -0.3 is 21.3 Å². The number of nitrogens with zero attached hydrogens (tertiary/aromatic N) is 1. The highest BCUT2D eigenvalue weighted by molar-refractivity contribution is 5.95. The zero-order valence-corrected chi connectivity index (χ0v) is 20.9. The molecule has 2 rings (SSSR count). The van der Waals surface area contributed by atoms with E-state index in [1.54, 1.807) is 4.90 Å². The van der Waals surface area contributed by atoms with Crippen molar-refractivity contribution in [2.45, 2.75) is 96.1 Å². The highest BCUT2D eigenvalue weighted by atomic mass is 16.2. The van der Waals surface area contributed by atoms with Gasteiger partial charge in [-0.1, -0.05) is 82.2 Å². The van der Waals surface area contributed by atoms with Gasteiger partial charge in [0, 0.05) is 25.4 Å². The van der Waals surface area contributed by atoms with Crippen molar-refractivity contribution < 1.29 is 14.4 Å². The first-order valence-electron chi connectivity index (χ1n) is 13.2. The molecule has 0 spiro atoms. The maximum atomic E-state index is 13.4. The number of hydrogen-bond acceptors (Lipinski definition) is 4. The Morgan fingerprint density at radius 3 is 2.47 bits per heavy atom. The summed E-state index contributed by atoms with van der Waals surface area (Å²) in [5.74, 6) is -0.316. The minimum Gasteiger partial charge on any atom is -0.356 e. The molecule has 1 aliphatic rings. The predicted molar refractivity (Wildman–Crippen MR) is 136 cm³/mol. The molecule has 2 atom stereocenters. The fourth-order valence-electron chi connectivity index (χ4n) is 4.52. The predicted octanol–water partition coefficient (Wildman–Crippen LogP) is 3.31. The summed E-state index contributed by atoms with van der Waals surface area (Å²) < 4.78 is 0. The third kappa shape index (κ3) is 10.2. The van der Waals surface area contributed by atoms with Crippen LogP contribution in [-0.2, 0) is 20.8 Å². The molecule has 7 nitrogen and oxygen atoms in total. The van der Waals surface area contributed by atoms with Gasteiger partial charge >= 0.3 is 0 Å². The lowest BCUT2D eigenvalue weighted by molar-refractivity contribution is -0.147. The van der Waals surface area contributed by atoms with E-state index in [1.165, 1.54) is 32.1 Å². The molecular weight excluding hydrogens is 428 g/mol. The standard InChI is InChI=1S/C27H44N4O3/c1-2-3-4-5-6-7-11-16-23(20-25(32)29-18-13-12-17-28)31-21-26(33)30-24(27(31)34)19-22-14-9-8-10-15-22/h8-10,14-15,23-24H,2-7,11-13,16-21,28H2,1H3,(H,29,32)(H,30,33)/t23-,24+/m1/s1. The van der Waals surface area contributed by atoms with Crippen LogP contribution in [0.3, 0.4) is 0 Å². The van der Waals surface area contributed by atoms with E-state index in [4.69, 9.17) is 5.73 Å². The van der Waals surface area contributed by atoms with Crippen molar-refractivity contribution in [1.29, 1.82) is 0 Å². The molecule has 0 aliphatic carbocycles. The van der Waals surface area contributed by atoms with E-state index in [0.29, 0.717) is 19.5 Å². The zero-order valence-electron chi connectivity index (χ0n) is 20.9. The first-order valence-corrected chi connectivity index (χ1v) is 13.2. The Morgan fingerprint density at radius 1 is 1.06 bits per heavy atom. The van der Waals surface area contributed by atoms with Crippen LogP contribution in [0.25, 0.3) is 0 Å². The number of rotatable bonds is 17. The van der Waals surface area contributed by atoms with E-state index in [9.17, 15) is 14.4 Å². The van der Waals surface area contributed by atoms with Crippen LogP contribution < -0.4 is 16.4 Å². The second-order valence-electron chi connectivity index (χ2n) is 9.39. The molecule has 3 amide bonds.